The molecule has 2 amide bonds. The van der Waals surface area contributed by atoms with Crippen molar-refractivity contribution in [3.63, 3.8) is 0 Å². The zero-order valence-electron chi connectivity index (χ0n) is 22.4. The lowest BCUT2D eigenvalue weighted by Gasteiger charge is -2.12. The van der Waals surface area contributed by atoms with Crippen LogP contribution in [0.3, 0.4) is 0 Å². The summed E-state index contributed by atoms with van der Waals surface area (Å²) in [5, 5.41) is 25.4. The van der Waals surface area contributed by atoms with Gasteiger partial charge in [-0.15, -0.1) is 20.4 Å². The van der Waals surface area contributed by atoms with Gasteiger partial charge in [-0.2, -0.15) is 0 Å². The van der Waals surface area contributed by atoms with E-state index in [1.165, 1.54) is 23.1 Å². The van der Waals surface area contributed by atoms with E-state index in [4.69, 9.17) is 4.74 Å². The predicted octanol–water partition coefficient (Wildman–Crippen LogP) is 5.44. The number of thioether (sulfide) groups is 2. The van der Waals surface area contributed by atoms with Crippen LogP contribution in [0.2, 0.25) is 0 Å². The number of aromatic nitrogens is 5. The first kappa shape index (κ1) is 28.6. The fraction of sp³-hybridized carbons (Fsp3) is 0.214. The van der Waals surface area contributed by atoms with Gasteiger partial charge in [-0.3, -0.25) is 19.5 Å². The van der Waals surface area contributed by atoms with Gasteiger partial charge in [-0.1, -0.05) is 78.2 Å². The Balaban J connectivity index is 1.33. The number of fused-ring (bicyclic) bond motifs is 1. The summed E-state index contributed by atoms with van der Waals surface area (Å²) in [7, 11) is 0. The summed E-state index contributed by atoms with van der Waals surface area (Å²) < 4.78 is 8.22. The van der Waals surface area contributed by atoms with Crippen LogP contribution < -0.4 is 15.4 Å². The molecule has 0 saturated carbocycles. The Morgan fingerprint density at radius 3 is 2.54 bits per heavy atom. The fourth-order valence-corrected chi connectivity index (χ4v) is 6.47. The van der Waals surface area contributed by atoms with Gasteiger partial charge in [0.1, 0.15) is 5.75 Å². The second-order valence-electron chi connectivity index (χ2n) is 8.51. The van der Waals surface area contributed by atoms with Gasteiger partial charge in [0, 0.05) is 11.3 Å². The molecule has 0 aliphatic rings. The number of hydrogen-bond donors (Lipinski definition) is 2. The van der Waals surface area contributed by atoms with Crippen molar-refractivity contribution >= 4 is 62.6 Å². The number of rotatable bonds is 12. The summed E-state index contributed by atoms with van der Waals surface area (Å²) in [5.41, 5.74) is 1.36. The maximum Gasteiger partial charge on any atom is 0.252 e. The van der Waals surface area contributed by atoms with E-state index in [0.29, 0.717) is 28.3 Å². The first-order valence-corrected chi connectivity index (χ1v) is 15.7. The van der Waals surface area contributed by atoms with Crippen LogP contribution >= 0.6 is 34.9 Å². The molecule has 2 aromatic heterocycles. The number of ether oxygens (including phenoxy) is 1. The Morgan fingerprint density at radius 2 is 1.73 bits per heavy atom. The third-order valence-electron chi connectivity index (χ3n) is 5.80. The smallest absolute Gasteiger partial charge is 0.252 e. The SMILES string of the molecule is CCOc1ccc(-n2c(CNC(=O)c3cccc4ccccc34)nnc2SCC(=O)Nc2nnc(SCC)s2)cc1. The number of carbonyl (C=O) groups excluding carboxylic acids is 2. The third-order valence-corrected chi connectivity index (χ3v) is 8.58. The molecule has 0 radical (unpaired) electrons. The van der Waals surface area contributed by atoms with Gasteiger partial charge < -0.3 is 10.1 Å². The second kappa shape index (κ2) is 13.6. The highest BCUT2D eigenvalue weighted by Crippen LogP contribution is 2.27. The minimum Gasteiger partial charge on any atom is -0.494 e. The van der Waals surface area contributed by atoms with Crippen molar-refractivity contribution in [2.24, 2.45) is 0 Å². The minimum absolute atomic E-state index is 0.0906. The lowest BCUT2D eigenvalue weighted by Crippen LogP contribution is -2.25. The number of benzene rings is 3. The molecule has 0 aliphatic heterocycles. The average Bonchev–Trinajstić information content (AvgIpc) is 3.61. The molecule has 2 heterocycles. The summed E-state index contributed by atoms with van der Waals surface area (Å²) >= 11 is 4.15. The lowest BCUT2D eigenvalue weighted by atomic mass is 10.0. The van der Waals surface area contributed by atoms with E-state index in [1.54, 1.807) is 17.8 Å². The van der Waals surface area contributed by atoms with Crippen LogP contribution in [0.1, 0.15) is 30.0 Å². The summed E-state index contributed by atoms with van der Waals surface area (Å²) in [6.07, 6.45) is 0. The average molecular weight is 606 g/mol. The zero-order chi connectivity index (χ0) is 28.6. The summed E-state index contributed by atoms with van der Waals surface area (Å²) in [4.78, 5) is 25.9. The number of carbonyl (C=O) groups is 2. The van der Waals surface area contributed by atoms with E-state index in [-0.39, 0.29) is 24.1 Å². The highest BCUT2D eigenvalue weighted by Gasteiger charge is 2.18. The van der Waals surface area contributed by atoms with Crippen molar-refractivity contribution in [2.45, 2.75) is 29.9 Å². The quantitative estimate of drug-likeness (QED) is 0.141. The number of nitrogens with zero attached hydrogens (tertiary/aromatic N) is 5. The molecule has 41 heavy (non-hydrogen) atoms. The topological polar surface area (TPSA) is 124 Å². The molecule has 10 nitrogen and oxygen atoms in total. The predicted molar refractivity (Wildman–Crippen MR) is 163 cm³/mol. The van der Waals surface area contributed by atoms with Crippen molar-refractivity contribution < 1.29 is 14.3 Å². The molecule has 0 fully saturated rings. The van der Waals surface area contributed by atoms with Crippen molar-refractivity contribution in [1.82, 2.24) is 30.3 Å². The largest absolute Gasteiger partial charge is 0.494 e. The number of amides is 2. The molecule has 0 atom stereocenters. The van der Waals surface area contributed by atoms with Crippen molar-refractivity contribution in [1.29, 1.82) is 0 Å². The molecule has 2 N–H and O–H groups in total. The summed E-state index contributed by atoms with van der Waals surface area (Å²) in [6, 6.07) is 20.9. The van der Waals surface area contributed by atoms with Gasteiger partial charge >= 0.3 is 0 Å². The Morgan fingerprint density at radius 1 is 0.927 bits per heavy atom. The van der Waals surface area contributed by atoms with Crippen molar-refractivity contribution in [3.05, 3.63) is 78.1 Å². The van der Waals surface area contributed by atoms with E-state index in [9.17, 15) is 9.59 Å². The maximum absolute atomic E-state index is 13.2. The molecule has 0 spiro atoms. The second-order valence-corrected chi connectivity index (χ2v) is 11.9. The van der Waals surface area contributed by atoms with E-state index in [2.05, 4.69) is 31.0 Å². The monoisotopic (exact) mass is 605 g/mol. The van der Waals surface area contributed by atoms with Gasteiger partial charge in [0.15, 0.2) is 15.3 Å². The first-order valence-electron chi connectivity index (χ1n) is 12.9. The van der Waals surface area contributed by atoms with E-state index < -0.39 is 0 Å². The normalized spacial score (nSPS) is 11.0. The Bertz CT molecular complexity index is 1650. The van der Waals surface area contributed by atoms with Crippen LogP contribution in [-0.2, 0) is 11.3 Å². The minimum atomic E-state index is -0.230. The van der Waals surface area contributed by atoms with Gasteiger partial charge in [0.25, 0.3) is 5.91 Å². The molecular weight excluding hydrogens is 579 g/mol. The molecule has 210 valence electrons. The highest BCUT2D eigenvalue weighted by molar-refractivity contribution is 8.01. The Hall–Kier alpha value is -3.94. The molecule has 0 bridgehead atoms. The maximum atomic E-state index is 13.2. The van der Waals surface area contributed by atoms with E-state index in [1.807, 2.05) is 79.1 Å². The molecule has 0 saturated heterocycles. The van der Waals surface area contributed by atoms with Crippen molar-refractivity contribution in [2.75, 3.05) is 23.4 Å². The molecular formula is C28H27N7O3S3. The molecule has 5 rings (SSSR count). The Kier molecular flexibility index (Phi) is 9.49. The van der Waals surface area contributed by atoms with Gasteiger partial charge in [0.05, 0.1) is 18.9 Å². The number of hydrogen-bond acceptors (Lipinski definition) is 10. The fourth-order valence-electron chi connectivity index (χ4n) is 4.03. The molecule has 0 unspecified atom stereocenters. The highest BCUT2D eigenvalue weighted by atomic mass is 32.2. The summed E-state index contributed by atoms with van der Waals surface area (Å²) in [5.74, 6) is 1.79. The molecule has 13 heteroatoms. The van der Waals surface area contributed by atoms with Crippen LogP contribution in [0.5, 0.6) is 5.75 Å². The third kappa shape index (κ3) is 7.04. The molecule has 3 aromatic carbocycles. The van der Waals surface area contributed by atoms with Crippen LogP contribution in [0.15, 0.2) is 76.2 Å². The van der Waals surface area contributed by atoms with E-state index >= 15 is 0 Å². The van der Waals surface area contributed by atoms with Gasteiger partial charge in [0.2, 0.25) is 11.0 Å². The lowest BCUT2D eigenvalue weighted by molar-refractivity contribution is -0.113. The van der Waals surface area contributed by atoms with Crippen molar-refractivity contribution in [3.8, 4) is 11.4 Å². The van der Waals surface area contributed by atoms with Crippen LogP contribution in [-0.4, -0.2) is 54.9 Å². The van der Waals surface area contributed by atoms with Crippen LogP contribution in [0.4, 0.5) is 5.13 Å². The molecule has 0 aliphatic carbocycles. The Labute approximate surface area is 249 Å². The van der Waals surface area contributed by atoms with Gasteiger partial charge in [-0.05, 0) is 53.8 Å². The summed E-state index contributed by atoms with van der Waals surface area (Å²) in [6.45, 7) is 4.65. The standard InChI is InChI=1S/C28H27N7O3S3/c1-3-38-20-14-12-19(13-15-20)35-23(16-29-25(37)22-11-7-9-18-8-5-6-10-21(18)22)31-33-27(35)40-17-24(36)30-26-32-34-28(41-26)39-4-2/h5-15H,3-4,16-17H2,1-2H3,(H,29,37)(H,30,32,36). The number of anilines is 1. The first-order chi connectivity index (χ1) is 20.1. The van der Waals surface area contributed by atoms with Gasteiger partial charge in [-0.25, -0.2) is 0 Å². The zero-order valence-corrected chi connectivity index (χ0v) is 24.8. The van der Waals surface area contributed by atoms with E-state index in [0.717, 1.165) is 32.3 Å². The molecule has 5 aromatic rings. The van der Waals surface area contributed by atoms with Crippen LogP contribution in [0.25, 0.3) is 16.5 Å². The van der Waals surface area contributed by atoms with Crippen LogP contribution in [0, 0.1) is 0 Å². The number of nitrogens with one attached hydrogen (secondary N) is 2.